The van der Waals surface area contributed by atoms with Crippen molar-refractivity contribution in [1.29, 1.82) is 0 Å². The Hall–Kier alpha value is -0.480. The lowest BCUT2D eigenvalue weighted by Crippen LogP contribution is -2.67. The van der Waals surface area contributed by atoms with E-state index in [4.69, 9.17) is 23.7 Å². The second-order valence-electron chi connectivity index (χ2n) is 14.9. The van der Waals surface area contributed by atoms with E-state index < -0.39 is 66.1 Å². The molecule has 2 heterocycles. The summed E-state index contributed by atoms with van der Waals surface area (Å²) in [6.45, 7) is 9.56. The van der Waals surface area contributed by atoms with Crippen LogP contribution in [0, 0.1) is 6.54 Å². The van der Waals surface area contributed by atoms with Crippen LogP contribution in [0.15, 0.2) is 0 Å². The summed E-state index contributed by atoms with van der Waals surface area (Å²) in [5.74, 6) is 0. The van der Waals surface area contributed by atoms with Crippen LogP contribution in [0.5, 0.6) is 0 Å². The van der Waals surface area contributed by atoms with E-state index in [-0.39, 0.29) is 26.4 Å². The highest BCUT2D eigenvalue weighted by atomic mass is 16.6. The summed E-state index contributed by atoms with van der Waals surface area (Å²) in [4.78, 5) is 0. The molecule has 47 heavy (non-hydrogen) atoms. The molecule has 2 saturated heterocycles. The molecule has 0 aromatic rings. The Bertz CT molecular complexity index is 850. The van der Waals surface area contributed by atoms with Crippen molar-refractivity contribution in [2.75, 3.05) is 54.2 Å². The third-order valence-electron chi connectivity index (χ3n) is 9.80. The van der Waals surface area contributed by atoms with E-state index in [0.717, 1.165) is 19.4 Å². The van der Waals surface area contributed by atoms with Gasteiger partial charge in [0, 0.05) is 33.9 Å². The van der Waals surface area contributed by atoms with Gasteiger partial charge in [-0.05, 0) is 33.1 Å². The van der Waals surface area contributed by atoms with Gasteiger partial charge in [0.15, 0.2) is 0 Å². The number of aliphatic hydroxyl groups excluding tert-OH is 6. The van der Waals surface area contributed by atoms with Crippen molar-refractivity contribution < 1.29 is 58.8 Å². The first-order valence-corrected chi connectivity index (χ1v) is 18.0. The molecule has 2 fully saturated rings. The number of unbranched alkanes of at least 4 members (excludes halogenated alkanes) is 9. The van der Waals surface area contributed by atoms with Crippen molar-refractivity contribution in [3.63, 3.8) is 0 Å². The van der Waals surface area contributed by atoms with Gasteiger partial charge in [0.2, 0.25) is 0 Å². The standard InChI is InChI=1S/C35H69NO11/c1-8-10-11-12-13-14-15-16-17-18-19-36(5,6)20-25(37)21-45-31-29(39)27(47-34(3,23-43-7)33(31)42)22-44-24-35(4)32(41)30(40)28(38)26(9-2)46-35/h20,25-33,37-42H,8-19,21-24H2,1-7H3/t25?,26-,27-,28?,29?,30-,31-,32-,33-,34?,35?/m1/s1. The van der Waals surface area contributed by atoms with E-state index in [1.807, 2.05) is 20.6 Å². The molecule has 2 aliphatic heterocycles. The molecular formula is C35H69NO11. The molecule has 0 bridgehead atoms. The molecule has 0 amide bonds. The molecule has 6 N–H and O–H groups in total. The molecule has 2 aliphatic rings. The highest BCUT2D eigenvalue weighted by molar-refractivity contribution is 5.02. The predicted octanol–water partition coefficient (Wildman–Crippen LogP) is 2.08. The highest BCUT2D eigenvalue weighted by Gasteiger charge is 2.53. The lowest BCUT2D eigenvalue weighted by molar-refractivity contribution is -0.864. The van der Waals surface area contributed by atoms with Crippen LogP contribution in [0.1, 0.15) is 98.3 Å². The zero-order chi connectivity index (χ0) is 35.3. The van der Waals surface area contributed by atoms with Crippen molar-refractivity contribution in [1.82, 2.24) is 0 Å². The Balaban J connectivity index is 1.88. The zero-order valence-electron chi connectivity index (χ0n) is 30.3. The number of aliphatic hydroxyl groups is 6. The van der Waals surface area contributed by atoms with Crippen molar-refractivity contribution >= 4 is 0 Å². The lowest BCUT2D eigenvalue weighted by atomic mass is 9.85. The quantitative estimate of drug-likeness (QED) is 0.0532. The average molecular weight is 680 g/mol. The largest absolute Gasteiger partial charge is 0.457 e. The minimum Gasteiger partial charge on any atom is -0.457 e. The van der Waals surface area contributed by atoms with Crippen LogP contribution in [0.3, 0.4) is 0 Å². The number of nitrogens with zero attached hydrogens (tertiary/aromatic N) is 1. The van der Waals surface area contributed by atoms with Crippen molar-refractivity contribution in [3.8, 4) is 0 Å². The van der Waals surface area contributed by atoms with Crippen LogP contribution in [-0.2, 0) is 23.7 Å². The maximum absolute atomic E-state index is 11.2. The SMILES string of the molecule is CCCCCCCCCCCC[N+](C)(C)[CH-]C(O)CO[C@@H]1C(O)[C@@H](COCC2(C)O[C@H](CC)C(O)[C@@H](O)[C@H]2O)OC(C)(COC)[C@@H]1O. The van der Waals surface area contributed by atoms with E-state index >= 15 is 0 Å². The first-order valence-electron chi connectivity index (χ1n) is 18.0. The molecule has 5 unspecified atom stereocenters. The van der Waals surface area contributed by atoms with Gasteiger partial charge in [0.1, 0.15) is 53.9 Å². The molecule has 12 nitrogen and oxygen atoms in total. The average Bonchev–Trinajstić information content (AvgIpc) is 3.01. The van der Waals surface area contributed by atoms with Gasteiger partial charge in [0.25, 0.3) is 0 Å². The third kappa shape index (κ3) is 13.0. The van der Waals surface area contributed by atoms with E-state index in [2.05, 4.69) is 6.92 Å². The lowest BCUT2D eigenvalue weighted by Gasteiger charge is -2.49. The number of rotatable bonds is 23. The molecule has 0 aliphatic carbocycles. The first-order chi connectivity index (χ1) is 22.1. The van der Waals surface area contributed by atoms with E-state index in [0.29, 0.717) is 10.9 Å². The number of methoxy groups -OCH3 is 1. The number of hydrogen-bond donors (Lipinski definition) is 6. The molecule has 0 saturated carbocycles. The van der Waals surface area contributed by atoms with Crippen LogP contribution in [0.2, 0.25) is 0 Å². The zero-order valence-corrected chi connectivity index (χ0v) is 30.3. The number of hydrogen-bond acceptors (Lipinski definition) is 11. The molecular weight excluding hydrogens is 610 g/mol. The van der Waals surface area contributed by atoms with Crippen molar-refractivity contribution in [3.05, 3.63) is 6.54 Å². The summed E-state index contributed by atoms with van der Waals surface area (Å²) in [7, 11) is 5.55. The Morgan fingerprint density at radius 1 is 0.745 bits per heavy atom. The van der Waals surface area contributed by atoms with Crippen LogP contribution in [-0.4, -0.2) is 155 Å². The fraction of sp³-hybridized carbons (Fsp3) is 0.971. The molecule has 2 rings (SSSR count). The summed E-state index contributed by atoms with van der Waals surface area (Å²) in [5, 5.41) is 64.5. The molecule has 280 valence electrons. The van der Waals surface area contributed by atoms with Gasteiger partial charge in [0.05, 0.1) is 32.5 Å². The molecule has 0 radical (unpaired) electrons. The normalized spacial score (nSPS) is 35.7. The Morgan fingerprint density at radius 2 is 1.30 bits per heavy atom. The van der Waals surface area contributed by atoms with Gasteiger partial charge in [-0.3, -0.25) is 0 Å². The maximum Gasteiger partial charge on any atom is 0.118 e. The number of likely N-dealkylation sites (N-methyl/N-ethyl adjacent to an activating group) is 1. The van der Waals surface area contributed by atoms with E-state index in [9.17, 15) is 30.6 Å². The fourth-order valence-electron chi connectivity index (χ4n) is 6.83. The minimum absolute atomic E-state index is 0.0104. The highest BCUT2D eigenvalue weighted by Crippen LogP contribution is 2.34. The summed E-state index contributed by atoms with van der Waals surface area (Å²) in [6, 6.07) is 0. The number of quaternary nitrogens is 1. The second-order valence-corrected chi connectivity index (χ2v) is 14.9. The van der Waals surface area contributed by atoms with Crippen molar-refractivity contribution in [2.45, 2.75) is 164 Å². The maximum atomic E-state index is 11.2. The van der Waals surface area contributed by atoms with Gasteiger partial charge < -0.3 is 58.8 Å². The van der Waals surface area contributed by atoms with Gasteiger partial charge >= 0.3 is 0 Å². The van der Waals surface area contributed by atoms with E-state index in [1.165, 1.54) is 58.5 Å². The predicted molar refractivity (Wildman–Crippen MR) is 178 cm³/mol. The van der Waals surface area contributed by atoms with Crippen LogP contribution in [0.4, 0.5) is 0 Å². The topological polar surface area (TPSA) is 168 Å². The Labute approximate surface area is 283 Å². The third-order valence-corrected chi connectivity index (χ3v) is 9.80. The molecule has 0 spiro atoms. The van der Waals surface area contributed by atoms with Crippen LogP contribution in [0.25, 0.3) is 0 Å². The summed E-state index contributed by atoms with van der Waals surface area (Å²) in [6.07, 6.45) is 2.78. The van der Waals surface area contributed by atoms with Crippen molar-refractivity contribution in [2.24, 2.45) is 0 Å². The Morgan fingerprint density at radius 3 is 1.87 bits per heavy atom. The summed E-state index contributed by atoms with van der Waals surface area (Å²) < 4.78 is 29.7. The van der Waals surface area contributed by atoms with Gasteiger partial charge in [-0.2, -0.15) is 0 Å². The second kappa shape index (κ2) is 20.4. The smallest absolute Gasteiger partial charge is 0.118 e. The minimum atomic E-state index is -1.40. The van der Waals surface area contributed by atoms with Gasteiger partial charge in [-0.15, -0.1) is 6.54 Å². The summed E-state index contributed by atoms with van der Waals surface area (Å²) in [5.41, 5.74) is -2.56. The molecule has 0 aromatic carbocycles. The monoisotopic (exact) mass is 679 g/mol. The Kier molecular flexibility index (Phi) is 18.5. The first kappa shape index (κ1) is 42.7. The van der Waals surface area contributed by atoms with E-state index in [1.54, 1.807) is 20.8 Å². The van der Waals surface area contributed by atoms with Crippen LogP contribution < -0.4 is 0 Å². The number of ether oxygens (including phenoxy) is 5. The van der Waals surface area contributed by atoms with Crippen LogP contribution >= 0.6 is 0 Å². The van der Waals surface area contributed by atoms with Gasteiger partial charge in [-0.25, -0.2) is 0 Å². The molecule has 11 atom stereocenters. The summed E-state index contributed by atoms with van der Waals surface area (Å²) >= 11 is 0. The molecule has 12 heteroatoms. The van der Waals surface area contributed by atoms with Gasteiger partial charge in [-0.1, -0.05) is 65.2 Å². The molecule has 0 aromatic heterocycles. The fourth-order valence-corrected chi connectivity index (χ4v) is 6.83.